The molecular weight excluding hydrogens is 346 g/mol. The number of furan rings is 1. The van der Waals surface area contributed by atoms with Gasteiger partial charge in [-0.1, -0.05) is 0 Å². The molecule has 4 rings (SSSR count). The van der Waals surface area contributed by atoms with Gasteiger partial charge in [-0.3, -0.25) is 9.59 Å². The number of hydrogen-bond donors (Lipinski definition) is 0. The zero-order valence-electron chi connectivity index (χ0n) is 15.6. The number of hydrogen-bond acceptors (Lipinski definition) is 5. The average molecular weight is 369 g/mol. The van der Waals surface area contributed by atoms with Crippen LogP contribution in [0.15, 0.2) is 34.7 Å². The van der Waals surface area contributed by atoms with Crippen LogP contribution in [0, 0.1) is 12.8 Å². The number of methoxy groups -OCH3 is 1. The molecule has 0 radical (unpaired) electrons. The van der Waals surface area contributed by atoms with E-state index in [9.17, 15) is 9.59 Å². The maximum atomic E-state index is 12.7. The zero-order valence-corrected chi connectivity index (χ0v) is 15.6. The molecule has 1 saturated heterocycles. The first kappa shape index (κ1) is 17.6. The molecule has 0 N–H and O–H groups in total. The van der Waals surface area contributed by atoms with Crippen molar-refractivity contribution in [1.82, 2.24) is 4.90 Å². The third-order valence-electron chi connectivity index (χ3n) is 5.37. The second-order valence-electron chi connectivity index (χ2n) is 7.21. The highest BCUT2D eigenvalue weighted by Crippen LogP contribution is 2.35. The van der Waals surface area contributed by atoms with E-state index in [2.05, 4.69) is 0 Å². The Bertz CT molecular complexity index is 871. The number of carbonyl (C=O) groups excluding carboxylic acids is 2. The van der Waals surface area contributed by atoms with E-state index in [0.29, 0.717) is 42.3 Å². The number of amides is 1. The van der Waals surface area contributed by atoms with E-state index in [1.165, 1.54) is 0 Å². The fraction of sp³-hybridized carbons (Fsp3) is 0.429. The molecule has 27 heavy (non-hydrogen) atoms. The predicted molar refractivity (Wildman–Crippen MR) is 98.4 cm³/mol. The second-order valence-corrected chi connectivity index (χ2v) is 7.21. The highest BCUT2D eigenvalue weighted by molar-refractivity contribution is 6.00. The smallest absolute Gasteiger partial charge is 0.289 e. The molecule has 6 nitrogen and oxygen atoms in total. The fourth-order valence-electron chi connectivity index (χ4n) is 3.92. The monoisotopic (exact) mass is 369 g/mol. The molecule has 1 fully saturated rings. The maximum Gasteiger partial charge on any atom is 0.289 e. The van der Waals surface area contributed by atoms with Gasteiger partial charge in [0.15, 0.2) is 11.5 Å². The van der Waals surface area contributed by atoms with Crippen LogP contribution in [0.2, 0.25) is 0 Å². The number of likely N-dealkylation sites (tertiary alicyclic amines) is 1. The minimum Gasteiger partial charge on any atom is -0.497 e. The first-order chi connectivity index (χ1) is 13.0. The molecule has 142 valence electrons. The zero-order chi connectivity index (χ0) is 19.0. The van der Waals surface area contributed by atoms with Crippen LogP contribution < -0.4 is 9.47 Å². The van der Waals surface area contributed by atoms with E-state index < -0.39 is 0 Å². The number of rotatable bonds is 3. The summed E-state index contributed by atoms with van der Waals surface area (Å²) in [5.41, 5.74) is 0.570. The lowest BCUT2D eigenvalue weighted by atomic mass is 9.86. The van der Waals surface area contributed by atoms with Crippen LogP contribution in [0.1, 0.15) is 45.9 Å². The Morgan fingerprint density at radius 2 is 2.11 bits per heavy atom. The molecule has 1 aromatic heterocycles. The molecule has 2 atom stereocenters. The van der Waals surface area contributed by atoms with Crippen molar-refractivity contribution in [2.75, 3.05) is 20.2 Å². The summed E-state index contributed by atoms with van der Waals surface area (Å²) in [6.07, 6.45) is 1.93. The number of fused-ring (bicyclic) bond motifs is 1. The third kappa shape index (κ3) is 3.44. The number of Topliss-reactive ketones (excluding diaryl/α,β-unsaturated/α-hetero) is 1. The second kappa shape index (κ2) is 7.10. The van der Waals surface area contributed by atoms with Gasteiger partial charge in [0, 0.05) is 25.4 Å². The minimum atomic E-state index is -0.215. The molecule has 6 heteroatoms. The van der Waals surface area contributed by atoms with Crippen LogP contribution in [0.3, 0.4) is 0 Å². The molecule has 0 spiro atoms. The Morgan fingerprint density at radius 1 is 1.26 bits per heavy atom. The number of nitrogens with zero attached hydrogens (tertiary/aromatic N) is 1. The number of carbonyl (C=O) groups is 2. The van der Waals surface area contributed by atoms with Crippen LogP contribution in [0.5, 0.6) is 11.5 Å². The van der Waals surface area contributed by atoms with Crippen molar-refractivity contribution >= 4 is 11.7 Å². The molecule has 0 bridgehead atoms. The van der Waals surface area contributed by atoms with Gasteiger partial charge in [-0.15, -0.1) is 0 Å². The maximum absolute atomic E-state index is 12.7. The summed E-state index contributed by atoms with van der Waals surface area (Å²) in [6.45, 7) is 3.09. The van der Waals surface area contributed by atoms with Gasteiger partial charge in [-0.05, 0) is 50.1 Å². The summed E-state index contributed by atoms with van der Waals surface area (Å²) in [7, 11) is 1.58. The lowest BCUT2D eigenvalue weighted by molar-refractivity contribution is 0.0390. The van der Waals surface area contributed by atoms with Crippen molar-refractivity contribution in [1.29, 1.82) is 0 Å². The van der Waals surface area contributed by atoms with Crippen molar-refractivity contribution in [3.8, 4) is 11.5 Å². The molecular formula is C21H23NO5. The first-order valence-corrected chi connectivity index (χ1v) is 9.29. The number of ketones is 1. The summed E-state index contributed by atoms with van der Waals surface area (Å²) in [6, 6.07) is 8.82. The topological polar surface area (TPSA) is 69.0 Å². The summed E-state index contributed by atoms with van der Waals surface area (Å²) >= 11 is 0. The SMILES string of the molecule is COc1ccc2c(c1)C(=O)C[C@H]([C@H]1CCCN(C(=O)c3ccc(C)o3)C1)O2. The van der Waals surface area contributed by atoms with Gasteiger partial charge in [0.05, 0.1) is 12.7 Å². The van der Waals surface area contributed by atoms with Crippen LogP contribution >= 0.6 is 0 Å². The van der Waals surface area contributed by atoms with Gasteiger partial charge in [-0.25, -0.2) is 0 Å². The largest absolute Gasteiger partial charge is 0.497 e. The quantitative estimate of drug-likeness (QED) is 0.828. The highest BCUT2D eigenvalue weighted by Gasteiger charge is 2.36. The van der Waals surface area contributed by atoms with Crippen LogP contribution in [-0.2, 0) is 0 Å². The predicted octanol–water partition coefficient (Wildman–Crippen LogP) is 3.48. The standard InChI is InChI=1S/C21H23NO5/c1-13-5-7-19(26-13)21(24)22-9-3-4-14(12-22)20-11-17(23)16-10-15(25-2)6-8-18(16)27-20/h5-8,10,14,20H,3-4,9,11-12H2,1-2H3/t14-,20+/m0/s1. The molecule has 2 aromatic rings. The van der Waals surface area contributed by atoms with Crippen molar-refractivity contribution in [2.24, 2.45) is 5.92 Å². The van der Waals surface area contributed by atoms with Crippen LogP contribution in [0.25, 0.3) is 0 Å². The number of piperidine rings is 1. The summed E-state index contributed by atoms with van der Waals surface area (Å²) in [5, 5.41) is 0. The van der Waals surface area contributed by atoms with Gasteiger partial charge >= 0.3 is 0 Å². The highest BCUT2D eigenvalue weighted by atomic mass is 16.5. The Morgan fingerprint density at radius 3 is 2.85 bits per heavy atom. The molecule has 0 unspecified atom stereocenters. The van der Waals surface area contributed by atoms with Gasteiger partial charge in [0.1, 0.15) is 23.4 Å². The van der Waals surface area contributed by atoms with Gasteiger partial charge in [0.25, 0.3) is 5.91 Å². The molecule has 2 aliphatic heterocycles. The first-order valence-electron chi connectivity index (χ1n) is 9.29. The van der Waals surface area contributed by atoms with Crippen molar-refractivity contribution in [2.45, 2.75) is 32.3 Å². The van der Waals surface area contributed by atoms with Crippen LogP contribution in [-0.4, -0.2) is 42.9 Å². The molecule has 1 amide bonds. The van der Waals surface area contributed by atoms with Gasteiger partial charge in [-0.2, -0.15) is 0 Å². The van der Waals surface area contributed by atoms with Crippen molar-refractivity contribution in [3.63, 3.8) is 0 Å². The van der Waals surface area contributed by atoms with Gasteiger partial charge < -0.3 is 18.8 Å². The van der Waals surface area contributed by atoms with E-state index in [0.717, 1.165) is 18.6 Å². The Balaban J connectivity index is 1.48. The Hall–Kier alpha value is -2.76. The summed E-state index contributed by atoms with van der Waals surface area (Å²) in [5.74, 6) is 2.42. The Kier molecular flexibility index (Phi) is 4.64. The van der Waals surface area contributed by atoms with Crippen molar-refractivity contribution in [3.05, 3.63) is 47.4 Å². The molecule has 0 saturated carbocycles. The van der Waals surface area contributed by atoms with E-state index >= 15 is 0 Å². The molecule has 1 aromatic carbocycles. The fourth-order valence-corrected chi connectivity index (χ4v) is 3.92. The molecule has 0 aliphatic carbocycles. The van der Waals surface area contributed by atoms with Gasteiger partial charge in [0.2, 0.25) is 0 Å². The van der Waals surface area contributed by atoms with E-state index in [1.54, 1.807) is 37.4 Å². The third-order valence-corrected chi connectivity index (χ3v) is 5.37. The Labute approximate surface area is 158 Å². The summed E-state index contributed by atoms with van der Waals surface area (Å²) < 4.78 is 16.8. The van der Waals surface area contributed by atoms with Crippen molar-refractivity contribution < 1.29 is 23.5 Å². The van der Waals surface area contributed by atoms with E-state index in [-0.39, 0.29) is 23.7 Å². The van der Waals surface area contributed by atoms with E-state index in [1.807, 2.05) is 11.8 Å². The van der Waals surface area contributed by atoms with Crippen LogP contribution in [0.4, 0.5) is 0 Å². The normalized spacial score (nSPS) is 22.1. The number of aryl methyl sites for hydroxylation is 1. The lowest BCUT2D eigenvalue weighted by Crippen LogP contribution is -2.46. The summed E-state index contributed by atoms with van der Waals surface area (Å²) in [4.78, 5) is 27.1. The number of ether oxygens (including phenoxy) is 2. The molecule has 3 heterocycles. The lowest BCUT2D eigenvalue weighted by Gasteiger charge is -2.38. The number of benzene rings is 1. The average Bonchev–Trinajstić information content (AvgIpc) is 3.13. The van der Waals surface area contributed by atoms with E-state index in [4.69, 9.17) is 13.9 Å². The molecule has 2 aliphatic rings. The minimum absolute atomic E-state index is 0.0604.